The third-order valence-corrected chi connectivity index (χ3v) is 5.44. The molecule has 0 bridgehead atoms. The molecule has 4 rings (SSSR count). The van der Waals surface area contributed by atoms with Gasteiger partial charge in [-0.1, -0.05) is 11.6 Å². The minimum absolute atomic E-state index is 0.155. The molecule has 0 aliphatic heterocycles. The number of aromatic amines is 1. The second-order valence-electron chi connectivity index (χ2n) is 7.11. The average molecular weight is 455 g/mol. The van der Waals surface area contributed by atoms with E-state index >= 15 is 4.39 Å². The molecule has 1 amide bonds. The molecule has 2 aromatic carbocycles. The molecule has 0 aliphatic rings. The van der Waals surface area contributed by atoms with Gasteiger partial charge in [0.25, 0.3) is 5.91 Å². The van der Waals surface area contributed by atoms with E-state index in [1.807, 2.05) is 0 Å². The summed E-state index contributed by atoms with van der Waals surface area (Å²) in [5, 5.41) is 3.64. The normalized spacial score (nSPS) is 11.0. The molecule has 4 N–H and O–H groups in total. The average Bonchev–Trinajstić information content (AvgIpc) is 3.25. The molecule has 0 spiro atoms. The van der Waals surface area contributed by atoms with Crippen LogP contribution in [0.25, 0.3) is 22.3 Å². The Morgan fingerprint density at radius 3 is 2.81 bits per heavy atom. The topological polar surface area (TPSA) is 119 Å². The van der Waals surface area contributed by atoms with Crippen molar-refractivity contribution < 1.29 is 13.9 Å². The van der Waals surface area contributed by atoms with E-state index in [0.29, 0.717) is 56.6 Å². The number of nitrogens with zero attached hydrogens (tertiary/aromatic N) is 3. The molecule has 0 atom stereocenters. The van der Waals surface area contributed by atoms with Crippen molar-refractivity contribution in [2.24, 2.45) is 5.73 Å². The summed E-state index contributed by atoms with van der Waals surface area (Å²) in [5.74, 6) is -0.388. The highest BCUT2D eigenvalue weighted by atomic mass is 35.5. The van der Waals surface area contributed by atoms with E-state index in [2.05, 4.69) is 25.3 Å². The number of H-pyrrole nitrogens is 1. The molecule has 0 unspecified atom stereocenters. The number of anilines is 1. The quantitative estimate of drug-likeness (QED) is 0.390. The maximum Gasteiger partial charge on any atom is 0.251 e. The van der Waals surface area contributed by atoms with Crippen molar-refractivity contribution in [1.82, 2.24) is 19.9 Å². The lowest BCUT2D eigenvalue weighted by Crippen LogP contribution is -2.18. The van der Waals surface area contributed by atoms with Crippen molar-refractivity contribution in [3.05, 3.63) is 64.5 Å². The van der Waals surface area contributed by atoms with Gasteiger partial charge in [-0.15, -0.1) is 0 Å². The van der Waals surface area contributed by atoms with Gasteiger partial charge in [0.1, 0.15) is 23.4 Å². The molecule has 0 saturated carbocycles. The monoisotopic (exact) mass is 454 g/mol. The first-order chi connectivity index (χ1) is 15.4. The zero-order valence-electron chi connectivity index (χ0n) is 17.4. The summed E-state index contributed by atoms with van der Waals surface area (Å²) in [5.41, 5.74) is 8.54. The molecule has 2 heterocycles. The van der Waals surface area contributed by atoms with E-state index in [1.165, 1.54) is 19.8 Å². The smallest absolute Gasteiger partial charge is 0.251 e. The van der Waals surface area contributed by atoms with Gasteiger partial charge in [0.15, 0.2) is 11.5 Å². The number of rotatable bonds is 7. The maximum atomic E-state index is 15.2. The minimum Gasteiger partial charge on any atom is -0.496 e. The zero-order chi connectivity index (χ0) is 22.8. The summed E-state index contributed by atoms with van der Waals surface area (Å²) in [6.45, 7) is 1.99. The Labute approximate surface area is 188 Å². The largest absolute Gasteiger partial charge is 0.496 e. The van der Waals surface area contributed by atoms with E-state index in [9.17, 15) is 4.79 Å². The van der Waals surface area contributed by atoms with Crippen LogP contribution in [0.1, 0.15) is 21.5 Å². The fraction of sp³-hybridized carbons (Fsp3) is 0.182. The van der Waals surface area contributed by atoms with Crippen LogP contribution in [0.3, 0.4) is 0 Å². The second-order valence-corrected chi connectivity index (χ2v) is 7.54. The first-order valence-corrected chi connectivity index (χ1v) is 10.1. The van der Waals surface area contributed by atoms with Crippen molar-refractivity contribution in [2.45, 2.75) is 13.3 Å². The summed E-state index contributed by atoms with van der Waals surface area (Å²) < 4.78 is 20.7. The number of imidazole rings is 1. The van der Waals surface area contributed by atoms with E-state index in [-0.39, 0.29) is 12.0 Å². The second kappa shape index (κ2) is 8.80. The van der Waals surface area contributed by atoms with E-state index < -0.39 is 11.7 Å². The Kier molecular flexibility index (Phi) is 5.91. The summed E-state index contributed by atoms with van der Waals surface area (Å²) >= 11 is 6.19. The summed E-state index contributed by atoms with van der Waals surface area (Å²) in [6, 6.07) is 6.82. The number of methoxy groups -OCH3 is 1. The lowest BCUT2D eigenvalue weighted by Gasteiger charge is -2.17. The minimum atomic E-state index is -0.841. The van der Waals surface area contributed by atoms with Crippen molar-refractivity contribution >= 4 is 34.5 Å². The van der Waals surface area contributed by atoms with Gasteiger partial charge in [-0.2, -0.15) is 0 Å². The van der Waals surface area contributed by atoms with Gasteiger partial charge in [0.2, 0.25) is 0 Å². The Morgan fingerprint density at radius 2 is 2.06 bits per heavy atom. The Hall–Kier alpha value is -3.72. The molecule has 164 valence electrons. The van der Waals surface area contributed by atoms with Crippen LogP contribution in [0.2, 0.25) is 5.02 Å². The van der Waals surface area contributed by atoms with Gasteiger partial charge < -0.3 is 20.8 Å². The van der Waals surface area contributed by atoms with Crippen LogP contribution in [-0.4, -0.2) is 39.5 Å². The number of nitrogens with one attached hydrogen (secondary N) is 2. The van der Waals surface area contributed by atoms with Crippen LogP contribution in [0.15, 0.2) is 36.9 Å². The predicted molar refractivity (Wildman–Crippen MR) is 121 cm³/mol. The lowest BCUT2D eigenvalue weighted by molar-refractivity contribution is 0.0995. The number of halogens is 2. The molecule has 2 aromatic heterocycles. The molecule has 0 fully saturated rings. The van der Waals surface area contributed by atoms with E-state index in [0.717, 1.165) is 0 Å². The zero-order valence-corrected chi connectivity index (χ0v) is 18.1. The fourth-order valence-corrected chi connectivity index (χ4v) is 3.84. The van der Waals surface area contributed by atoms with E-state index in [1.54, 1.807) is 31.2 Å². The fourth-order valence-electron chi connectivity index (χ4n) is 3.67. The van der Waals surface area contributed by atoms with Gasteiger partial charge in [-0.05, 0) is 54.3 Å². The third kappa shape index (κ3) is 3.94. The molecule has 8 nitrogen and oxygen atoms in total. The number of amides is 1. The highest BCUT2D eigenvalue weighted by molar-refractivity contribution is 6.31. The lowest BCUT2D eigenvalue weighted by atomic mass is 9.91. The van der Waals surface area contributed by atoms with Gasteiger partial charge in [0.05, 0.1) is 19.0 Å². The van der Waals surface area contributed by atoms with Gasteiger partial charge in [-0.3, -0.25) is 4.79 Å². The number of primary amides is 1. The predicted octanol–water partition coefficient (Wildman–Crippen LogP) is 3.88. The van der Waals surface area contributed by atoms with Crippen LogP contribution >= 0.6 is 11.6 Å². The Bertz CT molecular complexity index is 1320. The summed E-state index contributed by atoms with van der Waals surface area (Å²) in [4.78, 5) is 27.4. The first kappa shape index (κ1) is 21.5. The first-order valence-electron chi connectivity index (χ1n) is 9.74. The molecule has 0 saturated heterocycles. The van der Waals surface area contributed by atoms with E-state index in [4.69, 9.17) is 22.1 Å². The maximum absolute atomic E-state index is 15.2. The van der Waals surface area contributed by atoms with Crippen LogP contribution in [0, 0.1) is 12.7 Å². The number of nitrogens with two attached hydrogens (primary N) is 1. The van der Waals surface area contributed by atoms with Crippen LogP contribution in [-0.2, 0) is 6.42 Å². The number of aromatic nitrogens is 4. The van der Waals surface area contributed by atoms with Crippen molar-refractivity contribution in [1.29, 1.82) is 0 Å². The van der Waals surface area contributed by atoms with Crippen LogP contribution in [0.5, 0.6) is 5.75 Å². The summed E-state index contributed by atoms with van der Waals surface area (Å²) in [7, 11) is 1.53. The van der Waals surface area contributed by atoms with Gasteiger partial charge >= 0.3 is 0 Å². The number of hydrogen-bond acceptors (Lipinski definition) is 6. The molecule has 10 heteroatoms. The molecule has 32 heavy (non-hydrogen) atoms. The SMILES string of the molecule is COc1ccc(Cl)cc1-c1cc(CCNc2ncnc3nc[nH]c23)c(F)c(C(N)=O)c1C. The Balaban J connectivity index is 1.71. The third-order valence-electron chi connectivity index (χ3n) is 5.21. The van der Waals surface area contributed by atoms with Crippen LogP contribution < -0.4 is 15.8 Å². The van der Waals surface area contributed by atoms with Gasteiger partial charge in [-0.25, -0.2) is 19.3 Å². The standard InChI is InChI=1S/C22H20ClFN6O2/c1-11-14(15-8-13(23)3-4-16(15)32-2)7-12(18(24)17(11)20(25)31)5-6-26-21-19-22(28-9-27-19)30-10-29-21/h3-4,7-10H,5-6H2,1-2H3,(H2,25,31)(H2,26,27,28,29,30). The number of hydrogen-bond donors (Lipinski definition) is 3. The number of benzene rings is 2. The Morgan fingerprint density at radius 1 is 1.25 bits per heavy atom. The number of ether oxygens (including phenoxy) is 1. The molecule has 0 aliphatic carbocycles. The molecule has 4 aromatic rings. The number of fused-ring (bicyclic) bond motifs is 1. The molecular weight excluding hydrogens is 435 g/mol. The molecular formula is C22H20ClFN6O2. The number of carbonyl (C=O) groups is 1. The van der Waals surface area contributed by atoms with Crippen molar-refractivity contribution in [3.8, 4) is 16.9 Å². The highest BCUT2D eigenvalue weighted by Gasteiger charge is 2.22. The van der Waals surface area contributed by atoms with Crippen LogP contribution in [0.4, 0.5) is 10.2 Å². The highest BCUT2D eigenvalue weighted by Crippen LogP contribution is 2.37. The van der Waals surface area contributed by atoms with Crippen molar-refractivity contribution in [2.75, 3.05) is 19.0 Å². The molecule has 0 radical (unpaired) electrons. The van der Waals surface area contributed by atoms with Crippen molar-refractivity contribution in [3.63, 3.8) is 0 Å². The number of carbonyl (C=O) groups excluding carboxylic acids is 1. The van der Waals surface area contributed by atoms with Gasteiger partial charge in [0, 0.05) is 17.1 Å². The summed E-state index contributed by atoms with van der Waals surface area (Å²) in [6.07, 6.45) is 3.18.